The molecule has 0 radical (unpaired) electrons. The zero-order chi connectivity index (χ0) is 12.8. The van der Waals surface area contributed by atoms with Crippen LogP contribution in [0.2, 0.25) is 0 Å². The molecule has 0 aliphatic heterocycles. The maximum atomic E-state index is 4.21. The Morgan fingerprint density at radius 3 is 2.83 bits per heavy atom. The Bertz CT molecular complexity index is 509. The topological polar surface area (TPSA) is 37.8 Å². The molecule has 0 amide bonds. The first-order valence-corrected chi connectivity index (χ1v) is 6.38. The average Bonchev–Trinajstić information content (AvgIpc) is 2.39. The Balaban J connectivity index is 1.88. The molecule has 0 fully saturated rings. The Kier molecular flexibility index (Phi) is 4.29. The van der Waals surface area contributed by atoms with E-state index in [1.807, 2.05) is 6.07 Å². The molecule has 1 N–H and O–H groups in total. The molecule has 0 unspecified atom stereocenters. The van der Waals surface area contributed by atoms with Gasteiger partial charge in [0.2, 0.25) is 0 Å². The third-order valence-corrected chi connectivity index (χ3v) is 2.89. The van der Waals surface area contributed by atoms with Crippen molar-refractivity contribution in [3.8, 4) is 0 Å². The lowest BCUT2D eigenvalue weighted by Gasteiger charge is -2.06. The number of hydrogen-bond acceptors (Lipinski definition) is 3. The van der Waals surface area contributed by atoms with Crippen molar-refractivity contribution in [2.75, 3.05) is 11.9 Å². The molecule has 1 aromatic carbocycles. The van der Waals surface area contributed by atoms with Gasteiger partial charge in [0.25, 0.3) is 0 Å². The highest BCUT2D eigenvalue weighted by Crippen LogP contribution is 2.07. The molecule has 1 aromatic heterocycles. The maximum Gasteiger partial charge on any atom is 0.129 e. The lowest BCUT2D eigenvalue weighted by Crippen LogP contribution is -2.07. The van der Waals surface area contributed by atoms with Gasteiger partial charge in [0, 0.05) is 18.3 Å². The Labute approximate surface area is 108 Å². The number of anilines is 1. The van der Waals surface area contributed by atoms with E-state index >= 15 is 0 Å². The van der Waals surface area contributed by atoms with Gasteiger partial charge in [-0.1, -0.05) is 36.8 Å². The van der Waals surface area contributed by atoms with E-state index in [0.29, 0.717) is 0 Å². The van der Waals surface area contributed by atoms with Crippen LogP contribution in [0.1, 0.15) is 23.7 Å². The quantitative estimate of drug-likeness (QED) is 0.874. The number of aryl methyl sites for hydroxylation is 2. The molecule has 0 atom stereocenters. The summed E-state index contributed by atoms with van der Waals surface area (Å²) in [7, 11) is 0. The van der Waals surface area contributed by atoms with Crippen molar-refractivity contribution in [2.45, 2.75) is 26.7 Å². The molecule has 18 heavy (non-hydrogen) atoms. The van der Waals surface area contributed by atoms with Gasteiger partial charge in [0.15, 0.2) is 0 Å². The summed E-state index contributed by atoms with van der Waals surface area (Å²) >= 11 is 0. The summed E-state index contributed by atoms with van der Waals surface area (Å²) in [4.78, 5) is 8.40. The van der Waals surface area contributed by atoms with Crippen molar-refractivity contribution in [2.24, 2.45) is 0 Å². The fourth-order valence-corrected chi connectivity index (χ4v) is 1.89. The first-order valence-electron chi connectivity index (χ1n) is 6.38. The van der Waals surface area contributed by atoms with E-state index < -0.39 is 0 Å². The van der Waals surface area contributed by atoms with Crippen molar-refractivity contribution in [1.29, 1.82) is 0 Å². The lowest BCUT2D eigenvalue weighted by molar-refractivity contribution is 0.967. The highest BCUT2D eigenvalue weighted by molar-refractivity contribution is 5.35. The van der Waals surface area contributed by atoms with E-state index in [1.165, 1.54) is 11.1 Å². The molecule has 3 heteroatoms. The van der Waals surface area contributed by atoms with E-state index in [-0.39, 0.29) is 0 Å². The molecular weight excluding hydrogens is 222 g/mol. The molecule has 0 spiro atoms. The van der Waals surface area contributed by atoms with Gasteiger partial charge < -0.3 is 5.32 Å². The van der Waals surface area contributed by atoms with E-state index in [0.717, 1.165) is 30.9 Å². The van der Waals surface area contributed by atoms with E-state index in [2.05, 4.69) is 53.4 Å². The fraction of sp³-hybridized carbons (Fsp3) is 0.333. The van der Waals surface area contributed by atoms with Crippen molar-refractivity contribution in [3.63, 3.8) is 0 Å². The van der Waals surface area contributed by atoms with Gasteiger partial charge in [0.05, 0.1) is 0 Å². The van der Waals surface area contributed by atoms with Crippen LogP contribution in [0.3, 0.4) is 0 Å². The molecule has 1 heterocycles. The average molecular weight is 241 g/mol. The highest BCUT2D eigenvalue weighted by Gasteiger charge is 1.97. The molecule has 3 nitrogen and oxygen atoms in total. The summed E-state index contributed by atoms with van der Waals surface area (Å²) in [6, 6.07) is 10.6. The van der Waals surface area contributed by atoms with E-state index in [9.17, 15) is 0 Å². The van der Waals surface area contributed by atoms with Crippen molar-refractivity contribution in [1.82, 2.24) is 9.97 Å². The summed E-state index contributed by atoms with van der Waals surface area (Å²) in [5.74, 6) is 0.912. The number of nitrogens with one attached hydrogen (secondary N) is 1. The van der Waals surface area contributed by atoms with Gasteiger partial charge in [-0.15, -0.1) is 0 Å². The summed E-state index contributed by atoms with van der Waals surface area (Å²) in [5.41, 5.74) is 3.73. The van der Waals surface area contributed by atoms with Gasteiger partial charge in [-0.3, -0.25) is 0 Å². The number of benzene rings is 1. The van der Waals surface area contributed by atoms with Crippen molar-refractivity contribution in [3.05, 3.63) is 53.5 Å². The second-order valence-corrected chi connectivity index (χ2v) is 4.41. The second-order valence-electron chi connectivity index (χ2n) is 4.41. The molecule has 0 saturated heterocycles. The largest absolute Gasteiger partial charge is 0.370 e. The standard InChI is InChI=1S/C15H19N3/c1-3-14-10-15(18-11-17-14)16-8-7-13-6-4-5-12(2)9-13/h4-6,9-11H,3,7-8H2,1-2H3,(H,16,17,18). The third-order valence-electron chi connectivity index (χ3n) is 2.89. The Morgan fingerprint density at radius 2 is 2.06 bits per heavy atom. The number of aromatic nitrogens is 2. The normalized spacial score (nSPS) is 10.3. The number of hydrogen-bond donors (Lipinski definition) is 1. The molecular formula is C15H19N3. The van der Waals surface area contributed by atoms with Gasteiger partial charge in [-0.2, -0.15) is 0 Å². The van der Waals surface area contributed by atoms with Gasteiger partial charge in [-0.05, 0) is 25.3 Å². The summed E-state index contributed by atoms with van der Waals surface area (Å²) in [6.07, 6.45) is 3.57. The van der Waals surface area contributed by atoms with Crippen LogP contribution < -0.4 is 5.32 Å². The fourth-order valence-electron chi connectivity index (χ4n) is 1.89. The van der Waals surface area contributed by atoms with Crippen LogP contribution in [0.25, 0.3) is 0 Å². The third kappa shape index (κ3) is 3.55. The summed E-state index contributed by atoms with van der Waals surface area (Å²) in [5, 5.41) is 3.34. The zero-order valence-electron chi connectivity index (χ0n) is 11.0. The number of rotatable bonds is 5. The molecule has 0 saturated carbocycles. The lowest BCUT2D eigenvalue weighted by atomic mass is 10.1. The molecule has 94 valence electrons. The monoisotopic (exact) mass is 241 g/mol. The first-order chi connectivity index (χ1) is 8.78. The van der Waals surface area contributed by atoms with Gasteiger partial charge >= 0.3 is 0 Å². The predicted molar refractivity (Wildman–Crippen MR) is 74.8 cm³/mol. The second kappa shape index (κ2) is 6.15. The summed E-state index contributed by atoms with van der Waals surface area (Å²) in [6.45, 7) is 5.11. The molecule has 0 aliphatic rings. The molecule has 0 bridgehead atoms. The highest BCUT2D eigenvalue weighted by atomic mass is 15.0. The van der Waals surface area contributed by atoms with Crippen LogP contribution in [0.5, 0.6) is 0 Å². The number of nitrogens with zero attached hydrogens (tertiary/aromatic N) is 2. The van der Waals surface area contributed by atoms with Gasteiger partial charge in [0.1, 0.15) is 12.1 Å². The molecule has 2 rings (SSSR count). The van der Waals surface area contributed by atoms with Crippen LogP contribution in [0.15, 0.2) is 36.7 Å². The molecule has 0 aliphatic carbocycles. The minimum Gasteiger partial charge on any atom is -0.370 e. The van der Waals surface area contributed by atoms with Crippen molar-refractivity contribution < 1.29 is 0 Å². The minimum absolute atomic E-state index is 0.892. The summed E-state index contributed by atoms with van der Waals surface area (Å²) < 4.78 is 0. The van der Waals surface area contributed by atoms with E-state index in [1.54, 1.807) is 6.33 Å². The van der Waals surface area contributed by atoms with Crippen LogP contribution in [-0.2, 0) is 12.8 Å². The van der Waals surface area contributed by atoms with Crippen LogP contribution in [0.4, 0.5) is 5.82 Å². The first kappa shape index (κ1) is 12.6. The Hall–Kier alpha value is -1.90. The SMILES string of the molecule is CCc1cc(NCCc2cccc(C)c2)ncn1. The van der Waals surface area contributed by atoms with E-state index in [4.69, 9.17) is 0 Å². The predicted octanol–water partition coefficient (Wildman–Crippen LogP) is 3.00. The molecule has 2 aromatic rings. The van der Waals surface area contributed by atoms with Gasteiger partial charge in [-0.25, -0.2) is 9.97 Å². The Morgan fingerprint density at radius 1 is 1.17 bits per heavy atom. The zero-order valence-corrected chi connectivity index (χ0v) is 11.0. The van der Waals surface area contributed by atoms with Crippen molar-refractivity contribution >= 4 is 5.82 Å². The minimum atomic E-state index is 0.892. The van der Waals surface area contributed by atoms with Crippen LogP contribution in [-0.4, -0.2) is 16.5 Å². The smallest absolute Gasteiger partial charge is 0.129 e. The van der Waals surface area contributed by atoms with Crippen LogP contribution in [0, 0.1) is 6.92 Å². The maximum absolute atomic E-state index is 4.21. The van der Waals surface area contributed by atoms with Crippen LogP contribution >= 0.6 is 0 Å².